The molecule has 3 heterocycles. The maximum absolute atomic E-state index is 12.4. The molecule has 2 aromatic heterocycles. The van der Waals surface area contributed by atoms with Crippen LogP contribution >= 0.6 is 24.8 Å². The van der Waals surface area contributed by atoms with Crippen molar-refractivity contribution in [3.63, 3.8) is 0 Å². The number of aromatic nitrogens is 3. The van der Waals surface area contributed by atoms with Crippen LogP contribution in [-0.2, 0) is 23.1 Å². The number of aryl methyl sites for hydroxylation is 3. The Balaban J connectivity index is 0.00000169. The highest BCUT2D eigenvalue weighted by Gasteiger charge is 2.28. The molecule has 1 saturated heterocycles. The van der Waals surface area contributed by atoms with Gasteiger partial charge in [0, 0.05) is 25.8 Å². The summed E-state index contributed by atoms with van der Waals surface area (Å²) in [5.41, 5.74) is 2.98. The maximum atomic E-state index is 12.4. The highest BCUT2D eigenvalue weighted by molar-refractivity contribution is 5.85. The molecule has 2 aromatic rings. The molecule has 0 aromatic carbocycles. The van der Waals surface area contributed by atoms with Crippen molar-refractivity contribution in [2.24, 2.45) is 7.05 Å². The molecule has 1 aliphatic rings. The number of ether oxygens (including phenoxy) is 1. The highest BCUT2D eigenvalue weighted by Crippen LogP contribution is 2.19. The minimum absolute atomic E-state index is 0. The summed E-state index contributed by atoms with van der Waals surface area (Å²) in [7, 11) is 1.76. The molecule has 8 nitrogen and oxygen atoms in total. The number of pyridine rings is 1. The van der Waals surface area contributed by atoms with Crippen molar-refractivity contribution in [1.29, 1.82) is 0 Å². The number of rotatable bonds is 3. The van der Waals surface area contributed by atoms with E-state index in [9.17, 15) is 9.59 Å². The molecule has 26 heavy (non-hydrogen) atoms. The first kappa shape index (κ1) is 22.4. The van der Waals surface area contributed by atoms with Crippen molar-refractivity contribution >= 4 is 41.8 Å². The fourth-order valence-electron chi connectivity index (χ4n) is 3.22. The largest absolute Gasteiger partial charge is 0.375 e. The van der Waals surface area contributed by atoms with Gasteiger partial charge in [-0.05, 0) is 31.9 Å². The first-order valence-corrected chi connectivity index (χ1v) is 8.07. The zero-order chi connectivity index (χ0) is 17.4. The Morgan fingerprint density at radius 2 is 2.08 bits per heavy atom. The topological polar surface area (TPSA) is 101 Å². The van der Waals surface area contributed by atoms with Crippen LogP contribution in [0.2, 0.25) is 0 Å². The van der Waals surface area contributed by atoms with Crippen molar-refractivity contribution in [3.8, 4) is 0 Å². The Morgan fingerprint density at radius 1 is 1.38 bits per heavy atom. The smallest absolute Gasteiger partial charge is 0.273 e. The van der Waals surface area contributed by atoms with Gasteiger partial charge in [0.05, 0.1) is 18.1 Å². The predicted octanol–water partition coefficient (Wildman–Crippen LogP) is 0.715. The SMILES string of the molecule is Cc1nc2c(c(C)c1CNC(=O)[C@H]1NCCO[C@@H]1C)c(=O)[nH]n2C.Cl.Cl. The zero-order valence-corrected chi connectivity index (χ0v) is 16.8. The van der Waals surface area contributed by atoms with Crippen LogP contribution in [0.15, 0.2) is 4.79 Å². The molecular formula is C16H25Cl2N5O3. The second-order valence-electron chi connectivity index (χ2n) is 6.22. The summed E-state index contributed by atoms with van der Waals surface area (Å²) in [5, 5.41) is 9.38. The van der Waals surface area contributed by atoms with E-state index in [4.69, 9.17) is 4.74 Å². The van der Waals surface area contributed by atoms with Crippen LogP contribution in [0.4, 0.5) is 0 Å². The summed E-state index contributed by atoms with van der Waals surface area (Å²) in [6.07, 6.45) is -0.168. The van der Waals surface area contributed by atoms with E-state index in [0.29, 0.717) is 30.7 Å². The van der Waals surface area contributed by atoms with Gasteiger partial charge in [-0.25, -0.2) is 4.98 Å². The molecule has 1 fully saturated rings. The van der Waals surface area contributed by atoms with Gasteiger partial charge in [-0.15, -0.1) is 24.8 Å². The lowest BCUT2D eigenvalue weighted by Gasteiger charge is -2.29. The Kier molecular flexibility index (Phi) is 7.64. The maximum Gasteiger partial charge on any atom is 0.273 e. The Morgan fingerprint density at radius 3 is 2.73 bits per heavy atom. The Hall–Kier alpha value is -1.61. The van der Waals surface area contributed by atoms with Crippen molar-refractivity contribution < 1.29 is 9.53 Å². The molecule has 146 valence electrons. The normalized spacial score (nSPS) is 19.5. The summed E-state index contributed by atoms with van der Waals surface area (Å²) in [4.78, 5) is 29.0. The second-order valence-corrected chi connectivity index (χ2v) is 6.22. The molecule has 0 aliphatic carbocycles. The fourth-order valence-corrected chi connectivity index (χ4v) is 3.22. The summed E-state index contributed by atoms with van der Waals surface area (Å²) >= 11 is 0. The number of aromatic amines is 1. The quantitative estimate of drug-likeness (QED) is 0.697. The molecule has 10 heteroatoms. The second kappa shape index (κ2) is 8.85. The van der Waals surface area contributed by atoms with Crippen LogP contribution in [0.1, 0.15) is 23.7 Å². The third-order valence-corrected chi connectivity index (χ3v) is 4.61. The van der Waals surface area contributed by atoms with E-state index >= 15 is 0 Å². The number of hydrogen-bond donors (Lipinski definition) is 3. The van der Waals surface area contributed by atoms with Crippen molar-refractivity contribution in [2.45, 2.75) is 39.5 Å². The standard InChI is InChI=1S/C16H23N5O3.2ClH/c1-8-11(7-18-16(23)13-10(3)24-6-5-17-13)9(2)19-14-12(8)15(22)20-21(14)4;;/h10,13,17H,5-7H2,1-4H3,(H,18,23)(H,20,22);2*1H/t10-,13+;;/m1../s1. The van der Waals surface area contributed by atoms with Gasteiger partial charge in [-0.3, -0.25) is 19.4 Å². The molecule has 1 aliphatic heterocycles. The minimum Gasteiger partial charge on any atom is -0.375 e. The summed E-state index contributed by atoms with van der Waals surface area (Å²) < 4.78 is 7.12. The van der Waals surface area contributed by atoms with Crippen molar-refractivity contribution in [1.82, 2.24) is 25.4 Å². The molecule has 2 atom stereocenters. The van der Waals surface area contributed by atoms with Gasteiger partial charge in [0.1, 0.15) is 6.04 Å². The van der Waals surface area contributed by atoms with E-state index in [0.717, 1.165) is 16.8 Å². The van der Waals surface area contributed by atoms with E-state index in [2.05, 4.69) is 20.7 Å². The molecule has 0 unspecified atom stereocenters. The first-order valence-electron chi connectivity index (χ1n) is 8.07. The average Bonchev–Trinajstić information content (AvgIpc) is 2.81. The average molecular weight is 406 g/mol. The van der Waals surface area contributed by atoms with Crippen LogP contribution < -0.4 is 16.2 Å². The number of hydrogen-bond acceptors (Lipinski definition) is 5. The lowest BCUT2D eigenvalue weighted by molar-refractivity contribution is -0.129. The Labute approximate surface area is 163 Å². The molecule has 0 radical (unpaired) electrons. The third-order valence-electron chi connectivity index (χ3n) is 4.61. The molecule has 0 spiro atoms. The molecular weight excluding hydrogens is 381 g/mol. The van der Waals surface area contributed by atoms with Crippen LogP contribution in [-0.4, -0.2) is 46.0 Å². The highest BCUT2D eigenvalue weighted by atomic mass is 35.5. The number of halogens is 2. The molecule has 3 N–H and O–H groups in total. The van der Waals surface area contributed by atoms with Crippen LogP contribution in [0.5, 0.6) is 0 Å². The number of nitrogens with one attached hydrogen (secondary N) is 3. The predicted molar refractivity (Wildman–Crippen MR) is 104 cm³/mol. The number of carbonyl (C=O) groups is 1. The van der Waals surface area contributed by atoms with E-state index in [1.54, 1.807) is 11.7 Å². The zero-order valence-electron chi connectivity index (χ0n) is 15.2. The molecule has 0 bridgehead atoms. The van der Waals surface area contributed by atoms with Crippen molar-refractivity contribution in [2.75, 3.05) is 13.2 Å². The number of H-pyrrole nitrogens is 1. The van der Waals surface area contributed by atoms with Gasteiger partial charge in [-0.1, -0.05) is 0 Å². The van der Waals surface area contributed by atoms with E-state index in [-0.39, 0.29) is 48.4 Å². The summed E-state index contributed by atoms with van der Waals surface area (Å²) in [6.45, 7) is 7.25. The minimum atomic E-state index is -0.365. The number of amides is 1. The molecule has 1 amide bonds. The molecule has 3 rings (SSSR count). The van der Waals surface area contributed by atoms with Crippen molar-refractivity contribution in [3.05, 3.63) is 27.2 Å². The van der Waals surface area contributed by atoms with Gasteiger partial charge in [0.2, 0.25) is 5.91 Å². The number of fused-ring (bicyclic) bond motifs is 1. The van der Waals surface area contributed by atoms with E-state index < -0.39 is 0 Å². The van der Waals surface area contributed by atoms with Crippen LogP contribution in [0, 0.1) is 13.8 Å². The number of carbonyl (C=O) groups excluding carboxylic acids is 1. The Bertz CT molecular complexity index is 849. The van der Waals surface area contributed by atoms with Crippen LogP contribution in [0.25, 0.3) is 11.0 Å². The summed E-state index contributed by atoms with van der Waals surface area (Å²) in [5.74, 6) is -0.108. The summed E-state index contributed by atoms with van der Waals surface area (Å²) in [6, 6.07) is -0.365. The fraction of sp³-hybridized carbons (Fsp3) is 0.562. The van der Waals surface area contributed by atoms with E-state index in [1.165, 1.54) is 0 Å². The lowest BCUT2D eigenvalue weighted by atomic mass is 10.0. The number of morpholine rings is 1. The van der Waals surface area contributed by atoms with Gasteiger partial charge in [0.15, 0.2) is 5.65 Å². The third kappa shape index (κ3) is 4.03. The van der Waals surface area contributed by atoms with Gasteiger partial charge >= 0.3 is 0 Å². The van der Waals surface area contributed by atoms with E-state index in [1.807, 2.05) is 20.8 Å². The first-order chi connectivity index (χ1) is 11.4. The van der Waals surface area contributed by atoms with Gasteiger partial charge in [0.25, 0.3) is 5.56 Å². The molecule has 0 saturated carbocycles. The monoisotopic (exact) mass is 405 g/mol. The lowest BCUT2D eigenvalue weighted by Crippen LogP contribution is -2.55. The van der Waals surface area contributed by atoms with Crippen LogP contribution in [0.3, 0.4) is 0 Å². The van der Waals surface area contributed by atoms with Gasteiger partial charge < -0.3 is 15.4 Å². The van der Waals surface area contributed by atoms with Gasteiger partial charge in [-0.2, -0.15) is 0 Å². The number of nitrogens with zero attached hydrogens (tertiary/aromatic N) is 2.